The number of benzene rings is 2. The molecule has 0 heterocycles. The molecule has 0 spiro atoms. The van der Waals surface area contributed by atoms with Gasteiger partial charge in [-0.15, -0.1) is 0 Å². The van der Waals surface area contributed by atoms with E-state index in [4.69, 9.17) is 0 Å². The van der Waals surface area contributed by atoms with Crippen molar-refractivity contribution < 1.29 is 31.0 Å². The Morgan fingerprint density at radius 2 is 0.300 bits per heavy atom. The molecular formula is C24H36Br4Nb2. The van der Waals surface area contributed by atoms with Gasteiger partial charge in [0.2, 0.25) is 0 Å². The van der Waals surface area contributed by atoms with Crippen LogP contribution in [0.2, 0.25) is 0 Å². The van der Waals surface area contributed by atoms with Gasteiger partial charge in [-0.3, -0.25) is 0 Å². The van der Waals surface area contributed by atoms with E-state index in [0.29, 0.717) is 0 Å². The van der Waals surface area contributed by atoms with Gasteiger partial charge < -0.3 is 0 Å². The molecule has 0 aromatic heterocycles. The van der Waals surface area contributed by atoms with Gasteiger partial charge in [0.25, 0.3) is 0 Å². The molecule has 2 aromatic rings. The quantitative estimate of drug-likeness (QED) is 0.232. The topological polar surface area (TPSA) is 0 Å². The fourth-order valence-corrected chi connectivity index (χ4v) is 3.38. The third-order valence-corrected chi connectivity index (χ3v) is 6.75. The predicted molar refractivity (Wildman–Crippen MR) is 145 cm³/mol. The third kappa shape index (κ3) is 9.99. The van der Waals surface area contributed by atoms with Crippen molar-refractivity contribution in [3.63, 3.8) is 0 Å². The van der Waals surface area contributed by atoms with Crippen molar-refractivity contribution in [3.8, 4) is 0 Å². The summed E-state index contributed by atoms with van der Waals surface area (Å²) in [6.07, 6.45) is 0. The summed E-state index contributed by atoms with van der Waals surface area (Å²) in [4.78, 5) is 0. The number of halogens is 4. The molecule has 0 unspecified atom stereocenters. The van der Waals surface area contributed by atoms with Crippen molar-refractivity contribution >= 4 is 52.1 Å². The van der Waals surface area contributed by atoms with Gasteiger partial charge in [0.15, 0.2) is 0 Å². The van der Waals surface area contributed by atoms with Crippen LogP contribution in [0.25, 0.3) is 0 Å². The van der Waals surface area contributed by atoms with Crippen molar-refractivity contribution in [1.82, 2.24) is 0 Å². The van der Waals surface area contributed by atoms with Crippen LogP contribution in [0.3, 0.4) is 0 Å². The Hall–Kier alpha value is 1.84. The van der Waals surface area contributed by atoms with Crippen LogP contribution in [0.5, 0.6) is 0 Å². The summed E-state index contributed by atoms with van der Waals surface area (Å²) in [5.41, 5.74) is 17.5. The van der Waals surface area contributed by atoms with Crippen molar-refractivity contribution in [2.24, 2.45) is 0 Å². The molecule has 0 fully saturated rings. The first-order valence-corrected chi connectivity index (χ1v) is 29.8. The summed E-state index contributed by atoms with van der Waals surface area (Å²) < 4.78 is 0. The molecule has 0 saturated heterocycles. The van der Waals surface area contributed by atoms with Gasteiger partial charge >= 0.3 is 83.1 Å². The first-order valence-electron chi connectivity index (χ1n) is 9.68. The van der Waals surface area contributed by atoms with E-state index < -0.39 is 0 Å². The molecule has 0 nitrogen and oxygen atoms in total. The zero-order valence-electron chi connectivity index (χ0n) is 20.4. The molecule has 0 aliphatic heterocycles. The Morgan fingerprint density at radius 3 is 0.333 bits per heavy atom. The van der Waals surface area contributed by atoms with E-state index in [0.717, 1.165) is 0 Å². The summed E-state index contributed by atoms with van der Waals surface area (Å²) in [5.74, 6) is 0. The second-order valence-corrected chi connectivity index (χ2v) is 27.9. The van der Waals surface area contributed by atoms with E-state index in [1.54, 1.807) is 0 Å². The average Bonchev–Trinajstić information content (AvgIpc) is 2.72. The van der Waals surface area contributed by atoms with E-state index in [1.807, 2.05) is 0 Å². The van der Waals surface area contributed by atoms with Gasteiger partial charge in [-0.05, 0) is 150 Å². The zero-order chi connectivity index (χ0) is 24.3. The van der Waals surface area contributed by atoms with E-state index in [-0.39, 0.29) is 31.0 Å². The summed E-state index contributed by atoms with van der Waals surface area (Å²) >= 11 is 12.8. The maximum absolute atomic E-state index is 3.21. The van der Waals surface area contributed by atoms with Crippen molar-refractivity contribution in [2.75, 3.05) is 0 Å². The molecule has 0 aliphatic carbocycles. The minimum absolute atomic E-state index is 0.0250. The number of rotatable bonds is 0. The van der Waals surface area contributed by atoms with Gasteiger partial charge in [-0.2, -0.15) is 0 Å². The molecule has 0 N–H and O–H groups in total. The van der Waals surface area contributed by atoms with Crippen LogP contribution in [-0.2, 0) is 31.0 Å². The predicted octanol–water partition coefficient (Wildman–Crippen LogP) is 10.5. The number of hydrogen-bond acceptors (Lipinski definition) is 0. The van der Waals surface area contributed by atoms with Crippen LogP contribution in [0.4, 0.5) is 0 Å². The first-order chi connectivity index (χ1) is 13.8. The second-order valence-electron chi connectivity index (χ2n) is 7.63. The monoisotopic (exact) mass is 826 g/mol. The molecule has 30 heavy (non-hydrogen) atoms. The van der Waals surface area contributed by atoms with Gasteiger partial charge in [0.1, 0.15) is 0 Å². The molecule has 0 aliphatic rings. The average molecular weight is 830 g/mol. The van der Waals surface area contributed by atoms with Crippen LogP contribution in [-0.4, -0.2) is 0 Å². The molecule has 0 bridgehead atoms. The molecule has 170 valence electrons. The van der Waals surface area contributed by atoms with Crippen LogP contribution >= 0.6 is 52.1 Å². The molecule has 2 rings (SSSR count). The zero-order valence-corrected chi connectivity index (χ0v) is 31.1. The Balaban J connectivity index is 0. The first kappa shape index (κ1) is 34.0. The van der Waals surface area contributed by atoms with Gasteiger partial charge in [0.05, 0.1) is 0 Å². The van der Waals surface area contributed by atoms with Gasteiger partial charge in [-0.1, -0.05) is 0 Å². The SMILES string of the molecule is Cc1c(C)c(C)c(C)c(C)c1C.Cc1c(C)c(C)c(C)c(C)c1C.[Br][Nb][Br].[Br][Nb][Br]. The van der Waals surface area contributed by atoms with Crippen LogP contribution in [0, 0.1) is 83.1 Å². The fourth-order valence-electron chi connectivity index (χ4n) is 3.38. The number of hydrogen-bond donors (Lipinski definition) is 0. The normalized spacial score (nSPS) is 9.33. The molecule has 2 aromatic carbocycles. The van der Waals surface area contributed by atoms with Crippen LogP contribution < -0.4 is 0 Å². The molecule has 0 amide bonds. The second kappa shape index (κ2) is 17.3. The van der Waals surface area contributed by atoms with E-state index in [2.05, 4.69) is 135 Å². The van der Waals surface area contributed by atoms with E-state index in [1.165, 1.54) is 66.8 Å². The minimum atomic E-state index is -0.0250. The molecular weight excluding hydrogens is 794 g/mol. The van der Waals surface area contributed by atoms with Crippen molar-refractivity contribution in [3.05, 3.63) is 66.8 Å². The Kier molecular flexibility index (Phi) is 19.6. The summed E-state index contributed by atoms with van der Waals surface area (Å²) in [5, 5.41) is 0. The molecule has 0 saturated carbocycles. The standard InChI is InChI=1S/2C12H18.4BrH.2Nb/c2*1-7-8(2)10(4)12(6)11(5)9(7)3;;;;;;/h2*1-6H3;4*1H;;/q;;;;;;2*+2/p-4. The van der Waals surface area contributed by atoms with Crippen molar-refractivity contribution in [2.45, 2.75) is 83.1 Å². The van der Waals surface area contributed by atoms with Crippen LogP contribution in [0.15, 0.2) is 0 Å². The van der Waals surface area contributed by atoms with Crippen LogP contribution in [0.1, 0.15) is 66.8 Å². The van der Waals surface area contributed by atoms with Gasteiger partial charge in [-0.25, -0.2) is 0 Å². The molecule has 6 heteroatoms. The van der Waals surface area contributed by atoms with E-state index in [9.17, 15) is 0 Å². The van der Waals surface area contributed by atoms with E-state index >= 15 is 0 Å². The Morgan fingerprint density at radius 1 is 0.267 bits per heavy atom. The molecule has 0 radical (unpaired) electrons. The Bertz CT molecular complexity index is 551. The molecule has 0 atom stereocenters. The van der Waals surface area contributed by atoms with Crippen molar-refractivity contribution in [1.29, 1.82) is 0 Å². The Labute approximate surface area is 230 Å². The van der Waals surface area contributed by atoms with Gasteiger partial charge in [0, 0.05) is 0 Å². The summed E-state index contributed by atoms with van der Waals surface area (Å²) in [7, 11) is 0. The summed E-state index contributed by atoms with van der Waals surface area (Å²) in [6.45, 7) is 26.5. The fraction of sp³-hybridized carbons (Fsp3) is 0.500. The summed E-state index contributed by atoms with van der Waals surface area (Å²) in [6, 6.07) is 0. The third-order valence-electron chi connectivity index (χ3n) is 6.75. The maximum atomic E-state index is 3.21.